The summed E-state index contributed by atoms with van der Waals surface area (Å²) in [6.45, 7) is 2.03. The van der Waals surface area contributed by atoms with Crippen LogP contribution in [0.1, 0.15) is 19.8 Å². The quantitative estimate of drug-likeness (QED) is 0.405. The maximum Gasteiger partial charge on any atom is 0.111 e. The minimum absolute atomic E-state index is 0.0102. The zero-order valence-electron chi connectivity index (χ0n) is 6.28. The Morgan fingerprint density at radius 3 is 2.45 bits per heavy atom. The topological polar surface area (TPSA) is 65.2 Å². The smallest absolute Gasteiger partial charge is 0.111 e. The van der Waals surface area contributed by atoms with Gasteiger partial charge in [-0.1, -0.05) is 17.2 Å². The van der Waals surface area contributed by atoms with Gasteiger partial charge >= 0.3 is 0 Å². The molecule has 0 spiro atoms. The fourth-order valence-corrected chi connectivity index (χ4v) is 2.11. The Kier molecular flexibility index (Phi) is 1.06. The third kappa shape index (κ3) is 0.514. The molecule has 2 aliphatic carbocycles. The van der Waals surface area contributed by atoms with Crippen LogP contribution in [0.25, 0.3) is 0 Å². The zero-order chi connectivity index (χ0) is 8.06. The summed E-state index contributed by atoms with van der Waals surface area (Å²) in [5.41, 5.74) is 1.15. The Balaban J connectivity index is 2.33. The van der Waals surface area contributed by atoms with Gasteiger partial charge in [0.15, 0.2) is 0 Å². The van der Waals surface area contributed by atoms with Gasteiger partial charge in [-0.3, -0.25) is 0 Å². The van der Waals surface area contributed by atoms with Crippen molar-refractivity contribution < 1.29 is 10.4 Å². The van der Waals surface area contributed by atoms with Crippen LogP contribution in [0.4, 0.5) is 0 Å². The van der Waals surface area contributed by atoms with E-state index in [2.05, 4.69) is 10.3 Å². The SMILES string of the molecule is CC12CCC1C(=N/O)/C2=N\O. The zero-order valence-corrected chi connectivity index (χ0v) is 6.28. The molecule has 2 unspecified atom stereocenters. The van der Waals surface area contributed by atoms with Gasteiger partial charge in [0.2, 0.25) is 0 Å². The van der Waals surface area contributed by atoms with Crippen molar-refractivity contribution in [3.8, 4) is 0 Å². The van der Waals surface area contributed by atoms with Crippen molar-refractivity contribution in [1.82, 2.24) is 0 Å². The van der Waals surface area contributed by atoms with E-state index in [1.54, 1.807) is 0 Å². The van der Waals surface area contributed by atoms with Crippen molar-refractivity contribution in [2.45, 2.75) is 19.8 Å². The van der Waals surface area contributed by atoms with E-state index in [0.29, 0.717) is 17.3 Å². The number of hydrogen-bond donors (Lipinski definition) is 2. The molecule has 0 heterocycles. The van der Waals surface area contributed by atoms with Crippen molar-refractivity contribution in [2.24, 2.45) is 21.6 Å². The first-order valence-electron chi connectivity index (χ1n) is 3.69. The molecule has 2 N–H and O–H groups in total. The van der Waals surface area contributed by atoms with Crippen LogP contribution in [-0.4, -0.2) is 21.8 Å². The number of hydrogen-bond acceptors (Lipinski definition) is 4. The molecule has 0 aliphatic heterocycles. The summed E-state index contributed by atoms with van der Waals surface area (Å²) in [4.78, 5) is 0. The molecule has 0 radical (unpaired) electrons. The lowest BCUT2D eigenvalue weighted by Gasteiger charge is -2.56. The summed E-state index contributed by atoms with van der Waals surface area (Å²) in [6, 6.07) is 0. The number of fused-ring (bicyclic) bond motifs is 1. The summed E-state index contributed by atoms with van der Waals surface area (Å²) < 4.78 is 0. The minimum atomic E-state index is 0.0102. The van der Waals surface area contributed by atoms with Crippen LogP contribution in [0.2, 0.25) is 0 Å². The Hall–Kier alpha value is -1.06. The van der Waals surface area contributed by atoms with E-state index < -0.39 is 0 Å². The Morgan fingerprint density at radius 1 is 1.45 bits per heavy atom. The molecule has 2 saturated carbocycles. The van der Waals surface area contributed by atoms with Crippen LogP contribution in [0, 0.1) is 11.3 Å². The highest BCUT2D eigenvalue weighted by Crippen LogP contribution is 2.56. The average molecular weight is 154 g/mol. The van der Waals surface area contributed by atoms with Gasteiger partial charge in [0.05, 0.1) is 0 Å². The molecule has 4 nitrogen and oxygen atoms in total. The van der Waals surface area contributed by atoms with E-state index in [-0.39, 0.29) is 5.41 Å². The van der Waals surface area contributed by atoms with Crippen molar-refractivity contribution in [3.63, 3.8) is 0 Å². The minimum Gasteiger partial charge on any atom is -0.411 e. The van der Waals surface area contributed by atoms with Gasteiger partial charge in [-0.05, 0) is 12.8 Å². The van der Waals surface area contributed by atoms with Gasteiger partial charge in [-0.2, -0.15) is 0 Å². The molecular weight excluding hydrogens is 144 g/mol. The number of rotatable bonds is 0. The van der Waals surface area contributed by atoms with Crippen LogP contribution in [0.15, 0.2) is 10.3 Å². The fourth-order valence-electron chi connectivity index (χ4n) is 2.11. The highest BCUT2D eigenvalue weighted by molar-refractivity contribution is 6.52. The fraction of sp³-hybridized carbons (Fsp3) is 0.714. The van der Waals surface area contributed by atoms with E-state index in [4.69, 9.17) is 10.4 Å². The van der Waals surface area contributed by atoms with Crippen LogP contribution in [-0.2, 0) is 0 Å². The molecule has 0 aromatic heterocycles. The highest BCUT2D eigenvalue weighted by atomic mass is 16.4. The van der Waals surface area contributed by atoms with Crippen molar-refractivity contribution in [2.75, 3.05) is 0 Å². The summed E-state index contributed by atoms with van der Waals surface area (Å²) in [5, 5.41) is 23.3. The van der Waals surface area contributed by atoms with Gasteiger partial charge in [0.1, 0.15) is 11.4 Å². The van der Waals surface area contributed by atoms with E-state index >= 15 is 0 Å². The predicted molar refractivity (Wildman–Crippen MR) is 39.3 cm³/mol. The maximum absolute atomic E-state index is 8.57. The lowest BCUT2D eigenvalue weighted by molar-refractivity contribution is 0.153. The number of nitrogens with zero attached hydrogens (tertiary/aromatic N) is 2. The molecule has 2 aliphatic rings. The second-order valence-corrected chi connectivity index (χ2v) is 3.44. The molecule has 0 aromatic carbocycles. The Morgan fingerprint density at radius 2 is 2.18 bits per heavy atom. The molecule has 0 amide bonds. The lowest BCUT2D eigenvalue weighted by atomic mass is 9.46. The van der Waals surface area contributed by atoms with Gasteiger partial charge < -0.3 is 10.4 Å². The normalized spacial score (nSPS) is 48.3. The molecule has 2 atom stereocenters. The molecule has 0 aromatic rings. The monoisotopic (exact) mass is 154 g/mol. The largest absolute Gasteiger partial charge is 0.411 e. The van der Waals surface area contributed by atoms with Crippen LogP contribution < -0.4 is 0 Å². The third-order valence-corrected chi connectivity index (χ3v) is 3.04. The first-order chi connectivity index (χ1) is 5.24. The Bertz CT molecular complexity index is 259. The molecule has 60 valence electrons. The van der Waals surface area contributed by atoms with E-state index in [1.807, 2.05) is 6.92 Å². The molecule has 2 rings (SSSR count). The standard InChI is InChI=1S/C7H10N2O2/c1-7-3-2-4(7)5(8-10)6(7)9-11/h4,10-11H,2-3H2,1H3/b8-5-,9-6+. The first kappa shape index (κ1) is 6.64. The second-order valence-electron chi connectivity index (χ2n) is 3.44. The molecule has 2 fully saturated rings. The number of oxime groups is 2. The van der Waals surface area contributed by atoms with E-state index in [1.165, 1.54) is 0 Å². The van der Waals surface area contributed by atoms with Crippen LogP contribution in [0.5, 0.6) is 0 Å². The van der Waals surface area contributed by atoms with Gasteiger partial charge in [-0.25, -0.2) is 0 Å². The lowest BCUT2D eigenvalue weighted by Crippen LogP contribution is -2.63. The van der Waals surface area contributed by atoms with Crippen molar-refractivity contribution >= 4 is 11.4 Å². The Labute approximate surface area is 64.2 Å². The summed E-state index contributed by atoms with van der Waals surface area (Å²) in [6.07, 6.45) is 2.09. The van der Waals surface area contributed by atoms with Crippen molar-refractivity contribution in [1.29, 1.82) is 0 Å². The molecule has 0 bridgehead atoms. The van der Waals surface area contributed by atoms with Crippen LogP contribution in [0.3, 0.4) is 0 Å². The summed E-state index contributed by atoms with van der Waals surface area (Å²) in [7, 11) is 0. The van der Waals surface area contributed by atoms with Crippen LogP contribution >= 0.6 is 0 Å². The average Bonchev–Trinajstić information content (AvgIpc) is 2.01. The first-order valence-corrected chi connectivity index (χ1v) is 3.69. The van der Waals surface area contributed by atoms with E-state index in [9.17, 15) is 0 Å². The van der Waals surface area contributed by atoms with Gasteiger partial charge in [0, 0.05) is 11.3 Å². The van der Waals surface area contributed by atoms with Gasteiger partial charge in [0.25, 0.3) is 0 Å². The molecular formula is C7H10N2O2. The van der Waals surface area contributed by atoms with Crippen molar-refractivity contribution in [3.05, 3.63) is 0 Å². The predicted octanol–water partition coefficient (Wildman–Crippen LogP) is 1.08. The molecule has 0 saturated heterocycles. The summed E-state index contributed by atoms with van der Waals surface area (Å²) in [5.74, 6) is 0.332. The van der Waals surface area contributed by atoms with E-state index in [0.717, 1.165) is 12.8 Å². The second kappa shape index (κ2) is 1.75. The maximum atomic E-state index is 8.57. The highest BCUT2D eigenvalue weighted by Gasteiger charge is 2.61. The third-order valence-electron chi connectivity index (χ3n) is 3.04. The van der Waals surface area contributed by atoms with Gasteiger partial charge in [-0.15, -0.1) is 0 Å². The molecule has 11 heavy (non-hydrogen) atoms. The molecule has 4 heteroatoms. The summed E-state index contributed by atoms with van der Waals surface area (Å²) >= 11 is 0.